The lowest BCUT2D eigenvalue weighted by molar-refractivity contribution is -0.107. The normalized spacial score (nSPS) is 13.5. The molecule has 0 radical (unpaired) electrons. The topological polar surface area (TPSA) is 49.3 Å². The summed E-state index contributed by atoms with van der Waals surface area (Å²) in [7, 11) is 0. The van der Waals surface area contributed by atoms with Gasteiger partial charge in [-0.1, -0.05) is 31.4 Å². The maximum Gasteiger partial charge on any atom is 0.133 e. The van der Waals surface area contributed by atoms with Gasteiger partial charge in [0.1, 0.15) is 6.29 Å². The van der Waals surface area contributed by atoms with Gasteiger partial charge in [0.2, 0.25) is 0 Å². The maximum absolute atomic E-state index is 10.1. The van der Waals surface area contributed by atoms with Crippen molar-refractivity contribution in [3.8, 4) is 0 Å². The van der Waals surface area contributed by atoms with Crippen molar-refractivity contribution in [2.75, 3.05) is 13.2 Å². The quantitative estimate of drug-likeness (QED) is 0.442. The van der Waals surface area contributed by atoms with Crippen molar-refractivity contribution in [2.24, 2.45) is 0 Å². The first kappa shape index (κ1) is 11.8. The second-order valence-corrected chi connectivity index (χ2v) is 2.42. The average molecular weight is 181 g/mol. The molecule has 0 aromatic rings. The Kier molecular flexibility index (Phi) is 6.78. The summed E-state index contributed by atoms with van der Waals surface area (Å²) in [5.74, 6) is 0. The molecule has 0 spiro atoms. The van der Waals surface area contributed by atoms with Gasteiger partial charge in [-0.3, -0.25) is 0 Å². The van der Waals surface area contributed by atoms with E-state index in [1.807, 2.05) is 0 Å². The van der Waals surface area contributed by atoms with Gasteiger partial charge >= 0.3 is 0 Å². The zero-order valence-electron chi connectivity index (χ0n) is 7.57. The molecule has 1 unspecified atom stereocenters. The molecule has 13 heavy (non-hydrogen) atoms. The van der Waals surface area contributed by atoms with Crippen LogP contribution in [0, 0.1) is 0 Å². The molecule has 0 aromatic heterocycles. The maximum atomic E-state index is 10.1. The number of nitrogens with one attached hydrogen (secondary N) is 1. The van der Waals surface area contributed by atoms with Crippen LogP contribution in [0.1, 0.15) is 0 Å². The summed E-state index contributed by atoms with van der Waals surface area (Å²) in [6.45, 7) is 7.29. The number of hydrogen-bond donors (Lipinski definition) is 2. The molecule has 0 aliphatic carbocycles. The highest BCUT2D eigenvalue weighted by Crippen LogP contribution is 2.02. The molecule has 0 bridgehead atoms. The first-order valence-corrected chi connectivity index (χ1v) is 4.03. The van der Waals surface area contributed by atoms with Gasteiger partial charge in [0.05, 0.1) is 19.2 Å². The summed E-state index contributed by atoms with van der Waals surface area (Å²) >= 11 is 0. The van der Waals surface area contributed by atoms with Gasteiger partial charge in [0, 0.05) is 0 Å². The highest BCUT2D eigenvalue weighted by Gasteiger charge is 2.08. The van der Waals surface area contributed by atoms with Crippen molar-refractivity contribution in [1.29, 1.82) is 0 Å². The Hall–Kier alpha value is -1.19. The van der Waals surface area contributed by atoms with Crippen LogP contribution < -0.4 is 5.32 Å². The molecule has 0 heterocycles. The van der Waals surface area contributed by atoms with Crippen molar-refractivity contribution in [2.45, 2.75) is 6.04 Å². The lowest BCUT2D eigenvalue weighted by Crippen LogP contribution is -2.34. The third kappa shape index (κ3) is 4.40. The molecule has 0 saturated carbocycles. The molecular weight excluding hydrogens is 166 g/mol. The van der Waals surface area contributed by atoms with Crippen LogP contribution in [0.15, 0.2) is 37.0 Å². The Labute approximate surface area is 78.5 Å². The van der Waals surface area contributed by atoms with E-state index in [9.17, 15) is 4.79 Å². The number of carbonyl (C=O) groups excluding carboxylic acids is 1. The SMILES string of the molecule is C=C/C=C(\C=C)C(CO)NCC=O. The van der Waals surface area contributed by atoms with E-state index in [2.05, 4.69) is 18.5 Å². The van der Waals surface area contributed by atoms with Crippen molar-refractivity contribution < 1.29 is 9.90 Å². The standard InChI is InChI=1S/C10H15NO2/c1-3-5-9(4-2)10(8-13)11-6-7-12/h3-5,7,10-11,13H,1-2,6,8H2/b9-5+. The summed E-state index contributed by atoms with van der Waals surface area (Å²) in [6, 6.07) is -0.249. The highest BCUT2D eigenvalue weighted by atomic mass is 16.3. The predicted octanol–water partition coefficient (Wildman–Crippen LogP) is 0.434. The lowest BCUT2D eigenvalue weighted by Gasteiger charge is -2.15. The molecule has 0 saturated heterocycles. The third-order valence-corrected chi connectivity index (χ3v) is 1.58. The fourth-order valence-electron chi connectivity index (χ4n) is 0.941. The molecule has 0 rings (SSSR count). The first-order chi connectivity index (χ1) is 6.29. The molecule has 0 aromatic carbocycles. The average Bonchev–Trinajstić information content (AvgIpc) is 2.17. The molecule has 72 valence electrons. The molecular formula is C10H15NO2. The van der Waals surface area contributed by atoms with Crippen LogP contribution in [-0.4, -0.2) is 30.6 Å². The number of rotatable bonds is 7. The fraction of sp³-hybridized carbons (Fsp3) is 0.300. The third-order valence-electron chi connectivity index (χ3n) is 1.58. The minimum Gasteiger partial charge on any atom is -0.394 e. The second-order valence-electron chi connectivity index (χ2n) is 2.42. The Morgan fingerprint density at radius 1 is 1.54 bits per heavy atom. The van der Waals surface area contributed by atoms with Crippen LogP contribution in [-0.2, 0) is 4.79 Å². The zero-order valence-corrected chi connectivity index (χ0v) is 7.57. The van der Waals surface area contributed by atoms with E-state index in [-0.39, 0.29) is 19.2 Å². The number of aliphatic hydroxyl groups excluding tert-OH is 1. The number of allylic oxidation sites excluding steroid dienone is 2. The monoisotopic (exact) mass is 181 g/mol. The van der Waals surface area contributed by atoms with Crippen molar-refractivity contribution in [1.82, 2.24) is 5.32 Å². The Morgan fingerprint density at radius 2 is 2.23 bits per heavy atom. The van der Waals surface area contributed by atoms with E-state index in [0.29, 0.717) is 0 Å². The fourth-order valence-corrected chi connectivity index (χ4v) is 0.941. The molecule has 0 amide bonds. The van der Waals surface area contributed by atoms with Gasteiger partial charge in [-0.2, -0.15) is 0 Å². The van der Waals surface area contributed by atoms with E-state index in [1.54, 1.807) is 18.2 Å². The first-order valence-electron chi connectivity index (χ1n) is 4.03. The van der Waals surface area contributed by atoms with Crippen LogP contribution in [0.5, 0.6) is 0 Å². The van der Waals surface area contributed by atoms with Crippen LogP contribution in [0.3, 0.4) is 0 Å². The van der Waals surface area contributed by atoms with E-state index in [4.69, 9.17) is 5.11 Å². The predicted molar refractivity (Wildman–Crippen MR) is 53.4 cm³/mol. The molecule has 1 atom stereocenters. The Bertz CT molecular complexity index is 209. The van der Waals surface area contributed by atoms with Gasteiger partial charge in [-0.05, 0) is 5.57 Å². The summed E-state index contributed by atoms with van der Waals surface area (Å²) < 4.78 is 0. The lowest BCUT2D eigenvalue weighted by atomic mass is 10.1. The van der Waals surface area contributed by atoms with Crippen LogP contribution >= 0.6 is 0 Å². The van der Waals surface area contributed by atoms with Gasteiger partial charge in [-0.15, -0.1) is 0 Å². The van der Waals surface area contributed by atoms with Gasteiger partial charge < -0.3 is 15.2 Å². The van der Waals surface area contributed by atoms with E-state index in [0.717, 1.165) is 11.9 Å². The van der Waals surface area contributed by atoms with E-state index < -0.39 is 0 Å². The number of hydrogen-bond acceptors (Lipinski definition) is 3. The van der Waals surface area contributed by atoms with Gasteiger partial charge in [-0.25, -0.2) is 0 Å². The Balaban J connectivity index is 4.32. The molecule has 0 fully saturated rings. The second kappa shape index (κ2) is 7.46. The van der Waals surface area contributed by atoms with Gasteiger partial charge in [0.15, 0.2) is 0 Å². The zero-order chi connectivity index (χ0) is 10.1. The van der Waals surface area contributed by atoms with Crippen molar-refractivity contribution >= 4 is 6.29 Å². The van der Waals surface area contributed by atoms with Crippen LogP contribution in [0.25, 0.3) is 0 Å². The molecule has 2 N–H and O–H groups in total. The summed E-state index contributed by atoms with van der Waals surface area (Å²) in [4.78, 5) is 10.1. The van der Waals surface area contributed by atoms with Crippen molar-refractivity contribution in [3.63, 3.8) is 0 Å². The van der Waals surface area contributed by atoms with E-state index in [1.165, 1.54) is 0 Å². The van der Waals surface area contributed by atoms with E-state index >= 15 is 0 Å². The smallest absolute Gasteiger partial charge is 0.133 e. The molecule has 3 nitrogen and oxygen atoms in total. The van der Waals surface area contributed by atoms with Crippen LogP contribution in [0.4, 0.5) is 0 Å². The Morgan fingerprint density at radius 3 is 2.62 bits per heavy atom. The van der Waals surface area contributed by atoms with Gasteiger partial charge in [0.25, 0.3) is 0 Å². The van der Waals surface area contributed by atoms with Crippen LogP contribution in [0.2, 0.25) is 0 Å². The minimum atomic E-state index is -0.249. The van der Waals surface area contributed by atoms with Crippen molar-refractivity contribution in [3.05, 3.63) is 37.0 Å². The highest BCUT2D eigenvalue weighted by molar-refractivity contribution is 5.52. The molecule has 3 heteroatoms. The largest absolute Gasteiger partial charge is 0.394 e. The number of carbonyl (C=O) groups is 1. The molecule has 0 aliphatic heterocycles. The molecule has 0 aliphatic rings. The number of aliphatic hydroxyl groups is 1. The number of aldehydes is 1. The summed E-state index contributed by atoms with van der Waals surface area (Å²) in [6.07, 6.45) is 5.73. The summed E-state index contributed by atoms with van der Waals surface area (Å²) in [5, 5.41) is 11.8. The minimum absolute atomic E-state index is 0.0699. The summed E-state index contributed by atoms with van der Waals surface area (Å²) in [5.41, 5.74) is 0.819.